The van der Waals surface area contributed by atoms with Gasteiger partial charge < -0.3 is 19.9 Å². The Hall–Kier alpha value is -2.94. The third-order valence-electron chi connectivity index (χ3n) is 5.26. The number of amides is 2. The van der Waals surface area contributed by atoms with Crippen LogP contribution in [0.25, 0.3) is 5.69 Å². The van der Waals surface area contributed by atoms with Gasteiger partial charge in [-0.25, -0.2) is 4.98 Å². The van der Waals surface area contributed by atoms with Gasteiger partial charge in [-0.15, -0.1) is 0 Å². The van der Waals surface area contributed by atoms with E-state index in [-0.39, 0.29) is 41.8 Å². The van der Waals surface area contributed by atoms with Crippen LogP contribution in [0.2, 0.25) is 0 Å². The van der Waals surface area contributed by atoms with E-state index >= 15 is 0 Å². The summed E-state index contributed by atoms with van der Waals surface area (Å²) in [5.74, 6) is -0.310. The molecule has 2 N–H and O–H groups in total. The number of hydrogen-bond donors (Lipinski definition) is 2. The number of aromatic nitrogens is 3. The maximum absolute atomic E-state index is 13.0. The molecule has 0 aromatic carbocycles. The number of carbonyl (C=O) groups excluding carboxylic acids is 2. The molecule has 1 aliphatic heterocycles. The largest absolute Gasteiger partial charge is 0.395 e. The van der Waals surface area contributed by atoms with Crippen LogP contribution in [0.3, 0.4) is 0 Å². The Balaban J connectivity index is 1.75. The molecule has 168 valence electrons. The number of carbonyl (C=O) groups is 2. The van der Waals surface area contributed by atoms with E-state index in [0.717, 1.165) is 5.69 Å². The molecule has 9 heteroatoms. The van der Waals surface area contributed by atoms with Gasteiger partial charge in [0.05, 0.1) is 18.6 Å². The van der Waals surface area contributed by atoms with Crippen LogP contribution in [0.1, 0.15) is 49.8 Å². The fraction of sp³-hybridized carbons (Fsp3) is 0.545. The van der Waals surface area contributed by atoms with E-state index in [2.05, 4.69) is 10.3 Å². The van der Waals surface area contributed by atoms with Crippen molar-refractivity contribution < 1.29 is 14.7 Å². The van der Waals surface area contributed by atoms with Crippen LogP contribution in [0.5, 0.6) is 0 Å². The first-order valence-electron chi connectivity index (χ1n) is 10.5. The molecule has 0 bridgehead atoms. The summed E-state index contributed by atoms with van der Waals surface area (Å²) in [7, 11) is 0. The van der Waals surface area contributed by atoms with Gasteiger partial charge in [0.2, 0.25) is 5.91 Å². The number of likely N-dealkylation sites (tertiary alicyclic amines) is 1. The first kappa shape index (κ1) is 22.7. The van der Waals surface area contributed by atoms with Crippen molar-refractivity contribution in [3.63, 3.8) is 0 Å². The molecule has 2 aromatic heterocycles. The quantitative estimate of drug-likeness (QED) is 0.715. The average molecular weight is 430 g/mol. The molecule has 0 spiro atoms. The molecule has 9 nitrogen and oxygen atoms in total. The van der Waals surface area contributed by atoms with Crippen molar-refractivity contribution in [3.05, 3.63) is 46.4 Å². The highest BCUT2D eigenvalue weighted by atomic mass is 16.3. The lowest BCUT2D eigenvalue weighted by Crippen LogP contribution is -2.41. The summed E-state index contributed by atoms with van der Waals surface area (Å²) in [6, 6.07) is 2.99. The molecule has 31 heavy (non-hydrogen) atoms. The number of nitrogens with zero attached hydrogens (tertiary/aromatic N) is 4. The highest BCUT2D eigenvalue weighted by Gasteiger charge is 2.30. The molecule has 0 unspecified atom stereocenters. The van der Waals surface area contributed by atoms with Crippen molar-refractivity contribution in [3.8, 4) is 5.69 Å². The molecule has 1 saturated heterocycles. The summed E-state index contributed by atoms with van der Waals surface area (Å²) in [5.41, 5.74) is 0.827. The number of rotatable bonds is 6. The predicted octanol–water partition coefficient (Wildman–Crippen LogP) is 1.10. The number of pyridine rings is 1. The smallest absolute Gasteiger partial charge is 0.275 e. The Kier molecular flexibility index (Phi) is 6.64. The summed E-state index contributed by atoms with van der Waals surface area (Å²) in [6.45, 7) is 8.68. The second kappa shape index (κ2) is 9.05. The van der Waals surface area contributed by atoms with Gasteiger partial charge in [0.15, 0.2) is 0 Å². The molecule has 1 aliphatic rings. The highest BCUT2D eigenvalue weighted by Crippen LogP contribution is 2.22. The van der Waals surface area contributed by atoms with Crippen molar-refractivity contribution in [2.75, 3.05) is 19.7 Å². The van der Waals surface area contributed by atoms with Gasteiger partial charge in [-0.1, -0.05) is 20.8 Å². The lowest BCUT2D eigenvalue weighted by Gasteiger charge is -2.23. The first-order valence-corrected chi connectivity index (χ1v) is 10.5. The summed E-state index contributed by atoms with van der Waals surface area (Å²) >= 11 is 0. The first-order chi connectivity index (χ1) is 14.6. The molecule has 3 rings (SSSR count). The lowest BCUT2D eigenvalue weighted by atomic mass is 9.92. The van der Waals surface area contributed by atoms with Gasteiger partial charge in [-0.2, -0.15) is 0 Å². The van der Waals surface area contributed by atoms with Crippen LogP contribution in [-0.2, 0) is 11.3 Å². The Morgan fingerprint density at radius 2 is 2.03 bits per heavy atom. The summed E-state index contributed by atoms with van der Waals surface area (Å²) in [5, 5.41) is 12.4. The fourth-order valence-corrected chi connectivity index (χ4v) is 3.77. The highest BCUT2D eigenvalue weighted by molar-refractivity contribution is 5.93. The molecule has 2 aromatic rings. The van der Waals surface area contributed by atoms with E-state index in [1.54, 1.807) is 27.8 Å². The maximum Gasteiger partial charge on any atom is 0.275 e. The minimum absolute atomic E-state index is 0.00393. The Morgan fingerprint density at radius 3 is 2.65 bits per heavy atom. The molecule has 0 aliphatic carbocycles. The summed E-state index contributed by atoms with van der Waals surface area (Å²) in [4.78, 5) is 44.3. The van der Waals surface area contributed by atoms with Gasteiger partial charge in [-0.05, 0) is 30.9 Å². The van der Waals surface area contributed by atoms with Crippen LogP contribution in [0.4, 0.5) is 0 Å². The number of hydrogen-bond acceptors (Lipinski definition) is 5. The minimum atomic E-state index is -0.394. The van der Waals surface area contributed by atoms with Crippen molar-refractivity contribution in [1.29, 1.82) is 0 Å². The maximum atomic E-state index is 13.0. The lowest BCUT2D eigenvalue weighted by molar-refractivity contribution is -0.132. The van der Waals surface area contributed by atoms with Crippen molar-refractivity contribution >= 4 is 11.8 Å². The molecule has 3 heterocycles. The molecule has 1 fully saturated rings. The predicted molar refractivity (Wildman–Crippen MR) is 116 cm³/mol. The third kappa shape index (κ3) is 5.41. The van der Waals surface area contributed by atoms with Crippen LogP contribution >= 0.6 is 0 Å². The van der Waals surface area contributed by atoms with Crippen LogP contribution < -0.4 is 10.9 Å². The monoisotopic (exact) mass is 429 g/mol. The number of aliphatic hydroxyl groups excluding tert-OH is 1. The van der Waals surface area contributed by atoms with E-state index in [4.69, 9.17) is 0 Å². The van der Waals surface area contributed by atoms with Crippen molar-refractivity contribution in [1.82, 2.24) is 24.3 Å². The topological polar surface area (TPSA) is 109 Å². The van der Waals surface area contributed by atoms with Crippen LogP contribution in [0, 0.1) is 12.3 Å². The van der Waals surface area contributed by atoms with Gasteiger partial charge >= 0.3 is 0 Å². The SMILES string of the molecule is Cc1cn(-c2ccc(C(=O)N[C@@H]3CCN(C(=O)CC(C)(C)C)C3)n(CCO)c2=O)cn1. The van der Waals surface area contributed by atoms with E-state index < -0.39 is 5.91 Å². The number of aliphatic hydroxyl groups is 1. The zero-order valence-corrected chi connectivity index (χ0v) is 18.6. The van der Waals surface area contributed by atoms with Crippen LogP contribution in [-0.4, -0.2) is 61.7 Å². The minimum Gasteiger partial charge on any atom is -0.395 e. The van der Waals surface area contributed by atoms with Gasteiger partial charge in [0, 0.05) is 38.3 Å². The standard InChI is InChI=1S/C22H31N5O4/c1-15-12-26(14-23-15)18-6-5-17(27(9-10-28)21(18)31)20(30)24-16-7-8-25(13-16)19(29)11-22(2,3)4/h5-6,12,14,16,28H,7-11,13H2,1-4H3,(H,24,30)/t16-/m1/s1. The Morgan fingerprint density at radius 1 is 1.29 bits per heavy atom. The normalized spacial score (nSPS) is 16.5. The van der Waals surface area contributed by atoms with Gasteiger partial charge in [-0.3, -0.25) is 19.0 Å². The molecule has 0 radical (unpaired) electrons. The molecular weight excluding hydrogens is 398 g/mol. The van der Waals surface area contributed by atoms with E-state index in [1.807, 2.05) is 27.7 Å². The number of nitrogens with one attached hydrogen (secondary N) is 1. The summed E-state index contributed by atoms with van der Waals surface area (Å²) in [6.07, 6.45) is 4.38. The van der Waals surface area contributed by atoms with Crippen molar-refractivity contribution in [2.45, 2.75) is 53.1 Å². The number of aryl methyl sites for hydroxylation is 1. The third-order valence-corrected chi connectivity index (χ3v) is 5.26. The molecule has 1 atom stereocenters. The Bertz CT molecular complexity index is 1020. The van der Waals surface area contributed by atoms with E-state index in [9.17, 15) is 19.5 Å². The second-order valence-corrected chi connectivity index (χ2v) is 9.24. The summed E-state index contributed by atoms with van der Waals surface area (Å²) < 4.78 is 2.88. The van der Waals surface area contributed by atoms with E-state index in [0.29, 0.717) is 31.6 Å². The number of imidazole rings is 1. The van der Waals surface area contributed by atoms with Gasteiger partial charge in [0.1, 0.15) is 11.4 Å². The van der Waals surface area contributed by atoms with Gasteiger partial charge in [0.25, 0.3) is 11.5 Å². The average Bonchev–Trinajstić information content (AvgIpc) is 3.31. The fourth-order valence-electron chi connectivity index (χ4n) is 3.77. The molecule has 0 saturated carbocycles. The zero-order chi connectivity index (χ0) is 22.8. The molecular formula is C22H31N5O4. The van der Waals surface area contributed by atoms with E-state index in [1.165, 1.54) is 10.9 Å². The second-order valence-electron chi connectivity index (χ2n) is 9.24. The molecule has 2 amide bonds. The zero-order valence-electron chi connectivity index (χ0n) is 18.6. The Labute approximate surface area is 181 Å². The van der Waals surface area contributed by atoms with Crippen molar-refractivity contribution in [2.24, 2.45) is 5.41 Å². The van der Waals surface area contributed by atoms with Crippen LogP contribution in [0.15, 0.2) is 29.5 Å².